The first-order valence-corrected chi connectivity index (χ1v) is 16.4. The third-order valence-electron chi connectivity index (χ3n) is 13.6. The predicted octanol–water partition coefficient (Wildman–Crippen LogP) is 10.3. The Hall–Kier alpha value is -1.56. The van der Waals surface area contributed by atoms with E-state index in [1.54, 1.807) is 47.9 Å². The summed E-state index contributed by atoms with van der Waals surface area (Å²) in [4.78, 5) is 0. The van der Waals surface area contributed by atoms with E-state index in [4.69, 9.17) is 0 Å². The second-order valence-electron chi connectivity index (χ2n) is 16.5. The van der Waals surface area contributed by atoms with E-state index >= 15 is 0 Å². The molecule has 8 aliphatic carbocycles. The summed E-state index contributed by atoms with van der Waals surface area (Å²) in [5, 5.41) is 0. The van der Waals surface area contributed by atoms with Gasteiger partial charge in [-0.15, -0.1) is 0 Å². The molecular weight excluding hydrogens is 456 g/mol. The van der Waals surface area contributed by atoms with Crippen LogP contribution in [-0.2, 0) is 10.8 Å². The lowest BCUT2D eigenvalue weighted by molar-refractivity contribution is -0.212. The molecule has 2 aromatic carbocycles. The van der Waals surface area contributed by atoms with Gasteiger partial charge in [-0.1, -0.05) is 76.2 Å². The van der Waals surface area contributed by atoms with Crippen molar-refractivity contribution >= 4 is 0 Å². The van der Waals surface area contributed by atoms with Gasteiger partial charge in [0.1, 0.15) is 0 Å². The highest BCUT2D eigenvalue weighted by Crippen LogP contribution is 2.79. The maximum Gasteiger partial charge on any atom is -0.00334 e. The van der Waals surface area contributed by atoms with Crippen LogP contribution >= 0.6 is 0 Å². The van der Waals surface area contributed by atoms with Crippen LogP contribution in [0.25, 0.3) is 0 Å². The summed E-state index contributed by atoms with van der Waals surface area (Å²) in [5.74, 6) is 5.16. The summed E-state index contributed by atoms with van der Waals surface area (Å²) in [6, 6.07) is 19.5. The lowest BCUT2D eigenvalue weighted by atomic mass is 9.30. The fourth-order valence-corrected chi connectivity index (χ4v) is 13.4. The fourth-order valence-electron chi connectivity index (χ4n) is 13.4. The molecule has 0 heterocycles. The maximum atomic E-state index is 2.58. The van der Waals surface area contributed by atoms with Crippen LogP contribution < -0.4 is 0 Å². The first-order chi connectivity index (χ1) is 18.2. The zero-order chi connectivity index (χ0) is 25.9. The number of benzene rings is 2. The average molecular weight is 507 g/mol. The van der Waals surface area contributed by atoms with Crippen molar-refractivity contribution in [2.75, 3.05) is 0 Å². The largest absolute Gasteiger partial charge is 0.0620 e. The molecule has 38 heavy (non-hydrogen) atoms. The summed E-state index contributed by atoms with van der Waals surface area (Å²) in [5.41, 5.74) is 8.98. The molecule has 0 aromatic heterocycles. The van der Waals surface area contributed by atoms with Gasteiger partial charge in [0.05, 0.1) is 0 Å². The minimum absolute atomic E-state index is 0.456. The van der Waals surface area contributed by atoms with Gasteiger partial charge >= 0.3 is 0 Å². The van der Waals surface area contributed by atoms with Gasteiger partial charge in [0.15, 0.2) is 0 Å². The van der Waals surface area contributed by atoms with E-state index in [-0.39, 0.29) is 0 Å². The lowest BCUT2D eigenvalue weighted by Crippen LogP contribution is -2.66. The van der Waals surface area contributed by atoms with E-state index in [0.717, 1.165) is 23.7 Å². The molecule has 8 saturated carbocycles. The molecule has 0 saturated heterocycles. The predicted molar refractivity (Wildman–Crippen MR) is 159 cm³/mol. The standard InChI is InChI=1S/C38H50/c1-25(2)31-9-5-7-11-33(31)35-15-27-13-28(16-35)20-37(19-27,23-35)38-21-29-14-30(22-38)18-36(17-29,24-38)34-12-8-6-10-32(34)26(3)4/h5-12,25-30H,13-24H2,1-4H3. The Balaban J connectivity index is 1.25. The van der Waals surface area contributed by atoms with Crippen molar-refractivity contribution in [3.05, 3.63) is 70.8 Å². The summed E-state index contributed by atoms with van der Waals surface area (Å²) in [6.45, 7) is 9.74. The molecule has 4 unspecified atom stereocenters. The van der Waals surface area contributed by atoms with Crippen molar-refractivity contribution in [2.24, 2.45) is 34.5 Å². The average Bonchev–Trinajstić information content (AvgIpc) is 2.87. The van der Waals surface area contributed by atoms with Crippen molar-refractivity contribution in [3.8, 4) is 0 Å². The zero-order valence-electron chi connectivity index (χ0n) is 24.6. The second-order valence-corrected chi connectivity index (χ2v) is 16.5. The molecule has 0 aliphatic heterocycles. The Morgan fingerprint density at radius 2 is 0.842 bits per heavy atom. The van der Waals surface area contributed by atoms with Crippen LogP contribution in [-0.4, -0.2) is 0 Å². The van der Waals surface area contributed by atoms with Crippen LogP contribution in [0.2, 0.25) is 0 Å². The van der Waals surface area contributed by atoms with Crippen molar-refractivity contribution in [1.29, 1.82) is 0 Å². The van der Waals surface area contributed by atoms with Gasteiger partial charge in [-0.3, -0.25) is 0 Å². The van der Waals surface area contributed by atoms with Gasteiger partial charge < -0.3 is 0 Å². The van der Waals surface area contributed by atoms with Gasteiger partial charge in [-0.05, 0) is 156 Å². The maximum absolute atomic E-state index is 2.58. The summed E-state index contributed by atoms with van der Waals surface area (Å²) < 4.78 is 0. The molecule has 0 radical (unpaired) electrons. The molecule has 8 bridgehead atoms. The second kappa shape index (κ2) is 8.01. The number of rotatable bonds is 5. The van der Waals surface area contributed by atoms with E-state index < -0.39 is 0 Å². The highest BCUT2D eigenvalue weighted by molar-refractivity contribution is 5.42. The van der Waals surface area contributed by atoms with E-state index in [2.05, 4.69) is 76.2 Å². The van der Waals surface area contributed by atoms with Crippen molar-refractivity contribution < 1.29 is 0 Å². The Morgan fingerprint density at radius 3 is 1.18 bits per heavy atom. The molecule has 0 amide bonds. The molecule has 4 atom stereocenters. The minimum Gasteiger partial charge on any atom is -0.0620 e. The van der Waals surface area contributed by atoms with Crippen molar-refractivity contribution in [1.82, 2.24) is 0 Å². The van der Waals surface area contributed by atoms with Gasteiger partial charge in [-0.25, -0.2) is 0 Å². The summed E-state index contributed by atoms with van der Waals surface area (Å²) in [7, 11) is 0. The molecule has 0 heteroatoms. The Labute approximate surface area is 232 Å². The third-order valence-corrected chi connectivity index (χ3v) is 13.6. The van der Waals surface area contributed by atoms with Crippen LogP contribution in [0.3, 0.4) is 0 Å². The SMILES string of the molecule is CC(C)c1ccccc1C12CC3CC(C1)CC(C14CC5CC(CC(c6ccccc6C(C)C)(C5)C1)C4)(C3)C2. The zero-order valence-corrected chi connectivity index (χ0v) is 24.6. The van der Waals surface area contributed by atoms with Gasteiger partial charge in [-0.2, -0.15) is 0 Å². The third kappa shape index (κ3) is 3.22. The van der Waals surface area contributed by atoms with Gasteiger partial charge in [0.2, 0.25) is 0 Å². The lowest BCUT2D eigenvalue weighted by Gasteiger charge is -2.74. The number of hydrogen-bond donors (Lipinski definition) is 0. The van der Waals surface area contributed by atoms with Crippen LogP contribution in [0, 0.1) is 34.5 Å². The van der Waals surface area contributed by atoms with E-state index in [0.29, 0.717) is 33.5 Å². The topological polar surface area (TPSA) is 0 Å². The first kappa shape index (κ1) is 24.3. The first-order valence-electron chi connectivity index (χ1n) is 16.4. The highest BCUT2D eigenvalue weighted by Gasteiger charge is 2.70. The van der Waals surface area contributed by atoms with Crippen LogP contribution in [0.15, 0.2) is 48.5 Å². The van der Waals surface area contributed by atoms with Crippen LogP contribution in [0.1, 0.15) is 139 Å². The van der Waals surface area contributed by atoms with E-state index in [1.807, 2.05) is 0 Å². The molecule has 0 N–H and O–H groups in total. The fraction of sp³-hybridized carbons (Fsp3) is 0.684. The Kier molecular flexibility index (Phi) is 5.11. The Morgan fingerprint density at radius 1 is 0.500 bits per heavy atom. The molecule has 0 nitrogen and oxygen atoms in total. The smallest absolute Gasteiger partial charge is 0.00334 e. The monoisotopic (exact) mass is 506 g/mol. The minimum atomic E-state index is 0.456. The van der Waals surface area contributed by atoms with Crippen molar-refractivity contribution in [2.45, 2.75) is 127 Å². The van der Waals surface area contributed by atoms with Gasteiger partial charge in [0, 0.05) is 0 Å². The summed E-state index contributed by atoms with van der Waals surface area (Å²) in [6.07, 6.45) is 18.3. The van der Waals surface area contributed by atoms with E-state index in [9.17, 15) is 0 Å². The van der Waals surface area contributed by atoms with Crippen molar-refractivity contribution in [3.63, 3.8) is 0 Å². The van der Waals surface area contributed by atoms with Crippen LogP contribution in [0.4, 0.5) is 0 Å². The molecule has 10 rings (SSSR count). The molecule has 2 aromatic rings. The molecule has 202 valence electrons. The number of hydrogen-bond acceptors (Lipinski definition) is 0. The molecule has 8 fully saturated rings. The highest BCUT2D eigenvalue weighted by atomic mass is 14.7. The van der Waals surface area contributed by atoms with Crippen LogP contribution in [0.5, 0.6) is 0 Å². The quantitative estimate of drug-likeness (QED) is 0.378. The molecular formula is C38H50. The van der Waals surface area contributed by atoms with Gasteiger partial charge in [0.25, 0.3) is 0 Å². The molecule has 8 aliphatic rings. The Bertz CT molecular complexity index is 1120. The molecule has 0 spiro atoms. The normalized spacial score (nSPS) is 44.5. The summed E-state index contributed by atoms with van der Waals surface area (Å²) >= 11 is 0. The van der Waals surface area contributed by atoms with E-state index in [1.165, 1.54) is 51.4 Å².